The average Bonchev–Trinajstić information content (AvgIpc) is 2.20. The summed E-state index contributed by atoms with van der Waals surface area (Å²) in [5, 5.41) is 3.46. The van der Waals surface area contributed by atoms with Crippen LogP contribution < -0.4 is 11.1 Å². The molecule has 2 rings (SSSR count). The van der Waals surface area contributed by atoms with Crippen molar-refractivity contribution in [3.05, 3.63) is 35.9 Å². The Bertz CT molecular complexity index is 269. The van der Waals surface area contributed by atoms with Gasteiger partial charge in [0.1, 0.15) is 0 Å². The highest BCUT2D eigenvalue weighted by molar-refractivity contribution is 5.86. The minimum atomic E-state index is 0. The van der Waals surface area contributed by atoms with Crippen molar-refractivity contribution in [3.63, 3.8) is 0 Å². The lowest BCUT2D eigenvalue weighted by Gasteiger charge is -2.30. The molecule has 0 bridgehead atoms. The third kappa shape index (κ3) is 4.48. The van der Waals surface area contributed by atoms with Gasteiger partial charge in [0, 0.05) is 12.1 Å². The molecule has 0 spiro atoms. The molecule has 0 amide bonds. The number of benzene rings is 1. The summed E-state index contributed by atoms with van der Waals surface area (Å²) in [5.74, 6) is 0. The van der Waals surface area contributed by atoms with Crippen LogP contribution in [0.15, 0.2) is 30.3 Å². The normalized spacial score (nSPS) is 23.3. The molecular formula is C11H19Cl3N2. The molecule has 16 heavy (non-hydrogen) atoms. The van der Waals surface area contributed by atoms with Crippen LogP contribution in [0.2, 0.25) is 0 Å². The number of piperidine rings is 1. The van der Waals surface area contributed by atoms with Crippen molar-refractivity contribution in [2.75, 3.05) is 6.54 Å². The largest absolute Gasteiger partial charge is 0.326 e. The van der Waals surface area contributed by atoms with Gasteiger partial charge in [-0.3, -0.25) is 0 Å². The first-order valence-electron chi connectivity index (χ1n) is 4.92. The molecule has 1 aromatic rings. The lowest BCUT2D eigenvalue weighted by atomic mass is 9.93. The molecule has 1 aromatic carbocycles. The van der Waals surface area contributed by atoms with E-state index < -0.39 is 0 Å². The molecule has 5 heteroatoms. The van der Waals surface area contributed by atoms with Gasteiger partial charge in [-0.05, 0) is 24.9 Å². The first-order chi connectivity index (χ1) is 6.38. The summed E-state index contributed by atoms with van der Waals surface area (Å²) < 4.78 is 0. The third-order valence-electron chi connectivity index (χ3n) is 2.67. The number of nitrogens with two attached hydrogens (primary N) is 1. The topological polar surface area (TPSA) is 38.0 Å². The molecule has 94 valence electrons. The van der Waals surface area contributed by atoms with Crippen molar-refractivity contribution in [2.45, 2.75) is 24.9 Å². The molecule has 1 aliphatic heterocycles. The van der Waals surface area contributed by atoms with E-state index in [2.05, 4.69) is 29.6 Å². The quantitative estimate of drug-likeness (QED) is 0.832. The summed E-state index contributed by atoms with van der Waals surface area (Å²) in [5.41, 5.74) is 7.36. The summed E-state index contributed by atoms with van der Waals surface area (Å²) in [7, 11) is 0. The zero-order chi connectivity index (χ0) is 9.10. The third-order valence-corrected chi connectivity index (χ3v) is 2.67. The Morgan fingerprint density at radius 2 is 1.69 bits per heavy atom. The van der Waals surface area contributed by atoms with Crippen LogP contribution in [0.3, 0.4) is 0 Å². The van der Waals surface area contributed by atoms with Crippen LogP contribution in [0.4, 0.5) is 0 Å². The molecule has 3 N–H and O–H groups in total. The summed E-state index contributed by atoms with van der Waals surface area (Å²) in [4.78, 5) is 0. The van der Waals surface area contributed by atoms with E-state index in [1.165, 1.54) is 12.0 Å². The lowest BCUT2D eigenvalue weighted by Crippen LogP contribution is -2.42. The van der Waals surface area contributed by atoms with Crippen LogP contribution in [-0.4, -0.2) is 12.6 Å². The molecule has 1 heterocycles. The van der Waals surface area contributed by atoms with Crippen molar-refractivity contribution >= 4 is 37.2 Å². The molecular weight excluding hydrogens is 266 g/mol. The van der Waals surface area contributed by atoms with Crippen LogP contribution in [0.25, 0.3) is 0 Å². The fourth-order valence-electron chi connectivity index (χ4n) is 1.94. The van der Waals surface area contributed by atoms with E-state index in [9.17, 15) is 0 Å². The van der Waals surface area contributed by atoms with Gasteiger partial charge in [0.25, 0.3) is 0 Å². The summed E-state index contributed by atoms with van der Waals surface area (Å²) in [6.45, 7) is 1.09. The number of hydrogen-bond acceptors (Lipinski definition) is 2. The zero-order valence-electron chi connectivity index (χ0n) is 8.96. The Morgan fingerprint density at radius 1 is 1.06 bits per heavy atom. The van der Waals surface area contributed by atoms with Crippen molar-refractivity contribution in [1.29, 1.82) is 0 Å². The fraction of sp³-hybridized carbons (Fsp3) is 0.455. The molecule has 0 saturated carbocycles. The van der Waals surface area contributed by atoms with Crippen molar-refractivity contribution in [2.24, 2.45) is 5.73 Å². The van der Waals surface area contributed by atoms with Gasteiger partial charge < -0.3 is 11.1 Å². The summed E-state index contributed by atoms with van der Waals surface area (Å²) >= 11 is 0. The lowest BCUT2D eigenvalue weighted by molar-refractivity contribution is 0.358. The van der Waals surface area contributed by atoms with Gasteiger partial charge in [-0.25, -0.2) is 0 Å². The predicted molar refractivity (Wildman–Crippen MR) is 76.1 cm³/mol. The maximum Gasteiger partial charge on any atom is 0.0473 e. The molecule has 0 unspecified atom stereocenters. The Balaban J connectivity index is 0. The second-order valence-electron chi connectivity index (χ2n) is 3.65. The van der Waals surface area contributed by atoms with E-state index in [0.29, 0.717) is 6.04 Å². The first-order valence-corrected chi connectivity index (χ1v) is 4.92. The average molecular weight is 286 g/mol. The molecule has 2 nitrogen and oxygen atoms in total. The van der Waals surface area contributed by atoms with Gasteiger partial charge in [-0.1, -0.05) is 30.3 Å². The molecule has 0 radical (unpaired) electrons. The van der Waals surface area contributed by atoms with Crippen molar-refractivity contribution < 1.29 is 0 Å². The van der Waals surface area contributed by atoms with Crippen molar-refractivity contribution in [1.82, 2.24) is 5.32 Å². The highest BCUT2D eigenvalue weighted by Crippen LogP contribution is 2.21. The van der Waals surface area contributed by atoms with E-state index >= 15 is 0 Å². The van der Waals surface area contributed by atoms with Crippen molar-refractivity contribution in [3.8, 4) is 0 Å². The summed E-state index contributed by atoms with van der Waals surface area (Å²) in [6.07, 6.45) is 2.33. The highest BCUT2D eigenvalue weighted by atomic mass is 35.5. The van der Waals surface area contributed by atoms with Gasteiger partial charge >= 0.3 is 0 Å². The number of halogens is 3. The van der Waals surface area contributed by atoms with E-state index in [0.717, 1.165) is 13.0 Å². The minimum Gasteiger partial charge on any atom is -0.326 e. The fourth-order valence-corrected chi connectivity index (χ4v) is 1.94. The Morgan fingerprint density at radius 3 is 2.25 bits per heavy atom. The van der Waals surface area contributed by atoms with E-state index in [4.69, 9.17) is 5.73 Å². The second-order valence-corrected chi connectivity index (χ2v) is 3.65. The first kappa shape index (κ1) is 18.4. The van der Waals surface area contributed by atoms with E-state index in [1.807, 2.05) is 6.07 Å². The van der Waals surface area contributed by atoms with Crippen LogP contribution in [0.5, 0.6) is 0 Å². The molecule has 1 aliphatic rings. The number of nitrogens with one attached hydrogen (secondary N) is 1. The molecule has 2 atom stereocenters. The van der Waals surface area contributed by atoms with Gasteiger partial charge in [0.2, 0.25) is 0 Å². The Labute approximate surface area is 116 Å². The molecule has 1 saturated heterocycles. The van der Waals surface area contributed by atoms with Crippen LogP contribution in [0.1, 0.15) is 24.4 Å². The molecule has 0 aliphatic carbocycles. The maximum absolute atomic E-state index is 6.05. The molecule has 1 fully saturated rings. The zero-order valence-corrected chi connectivity index (χ0v) is 11.4. The molecule has 0 aromatic heterocycles. The van der Waals surface area contributed by atoms with Gasteiger partial charge in [0.05, 0.1) is 0 Å². The monoisotopic (exact) mass is 284 g/mol. The maximum atomic E-state index is 6.05. The second kappa shape index (κ2) is 9.08. The van der Waals surface area contributed by atoms with Gasteiger partial charge in [-0.15, -0.1) is 37.2 Å². The van der Waals surface area contributed by atoms with Crippen LogP contribution in [0, 0.1) is 0 Å². The smallest absolute Gasteiger partial charge is 0.0473 e. The van der Waals surface area contributed by atoms with Crippen LogP contribution in [-0.2, 0) is 0 Å². The predicted octanol–water partition coefficient (Wildman–Crippen LogP) is 2.70. The number of hydrogen-bond donors (Lipinski definition) is 2. The van der Waals surface area contributed by atoms with Gasteiger partial charge in [-0.2, -0.15) is 0 Å². The Hall–Kier alpha value is 0.01000. The summed E-state index contributed by atoms with van der Waals surface area (Å²) in [6, 6.07) is 11.1. The van der Waals surface area contributed by atoms with Gasteiger partial charge in [0.15, 0.2) is 0 Å². The SMILES string of the molecule is Cl.Cl.Cl.N[C@H]1CCCN[C@H]1c1ccccc1. The standard InChI is InChI=1S/C11H16N2.3ClH/c12-10-7-4-8-13-11(10)9-5-2-1-3-6-9;;;/h1-3,5-6,10-11,13H,4,7-8,12H2;3*1H/t10-,11-;;;/m0.../s1. The Kier molecular flexibility index (Phi) is 10.4. The van der Waals surface area contributed by atoms with E-state index in [-0.39, 0.29) is 43.3 Å². The highest BCUT2D eigenvalue weighted by Gasteiger charge is 2.21. The number of rotatable bonds is 1. The van der Waals surface area contributed by atoms with E-state index in [1.54, 1.807) is 0 Å². The van der Waals surface area contributed by atoms with Crippen LogP contribution >= 0.6 is 37.2 Å². The minimum absolute atomic E-state index is 0.